The molecule has 7 heteroatoms. The summed E-state index contributed by atoms with van der Waals surface area (Å²) in [5.41, 5.74) is 3.76. The molecule has 0 amide bonds. The molecule has 0 unspecified atom stereocenters. The van der Waals surface area contributed by atoms with Crippen LogP contribution in [-0.4, -0.2) is 27.1 Å². The minimum atomic E-state index is -3.42. The van der Waals surface area contributed by atoms with E-state index in [1.807, 2.05) is 38.1 Å². The molecule has 1 aromatic heterocycles. The van der Waals surface area contributed by atoms with Gasteiger partial charge in [-0.25, -0.2) is 13.1 Å². The number of rotatable bonds is 7. The third-order valence-electron chi connectivity index (χ3n) is 4.20. The molecule has 0 atom stereocenters. The van der Waals surface area contributed by atoms with Crippen molar-refractivity contribution in [1.82, 2.24) is 9.71 Å². The number of anilines is 1. The van der Waals surface area contributed by atoms with Crippen molar-refractivity contribution >= 4 is 26.6 Å². The lowest BCUT2D eigenvalue weighted by Crippen LogP contribution is -2.18. The van der Waals surface area contributed by atoms with Gasteiger partial charge in [-0.2, -0.15) is 0 Å². The van der Waals surface area contributed by atoms with E-state index in [2.05, 4.69) is 15.0 Å². The summed E-state index contributed by atoms with van der Waals surface area (Å²) in [4.78, 5) is 4.82. The van der Waals surface area contributed by atoms with Gasteiger partial charge in [0.1, 0.15) is 5.75 Å². The van der Waals surface area contributed by atoms with Crippen molar-refractivity contribution < 1.29 is 13.2 Å². The summed E-state index contributed by atoms with van der Waals surface area (Å²) >= 11 is 0. The van der Waals surface area contributed by atoms with Crippen LogP contribution < -0.4 is 14.8 Å². The molecular weight excluding hydrogens is 362 g/mol. The Bertz CT molecular complexity index is 1050. The predicted molar refractivity (Wildman–Crippen MR) is 108 cm³/mol. The lowest BCUT2D eigenvalue weighted by atomic mass is 10.1. The fourth-order valence-electron chi connectivity index (χ4n) is 2.84. The Morgan fingerprint density at radius 1 is 1.07 bits per heavy atom. The topological polar surface area (TPSA) is 80.3 Å². The minimum Gasteiger partial charge on any atom is -0.494 e. The van der Waals surface area contributed by atoms with Crippen LogP contribution in [0, 0.1) is 6.92 Å². The number of pyridine rings is 1. The van der Waals surface area contributed by atoms with Gasteiger partial charge < -0.3 is 10.1 Å². The fraction of sp³-hybridized carbons (Fsp3) is 0.250. The molecule has 27 heavy (non-hydrogen) atoms. The van der Waals surface area contributed by atoms with Crippen molar-refractivity contribution in [1.29, 1.82) is 0 Å². The van der Waals surface area contributed by atoms with Gasteiger partial charge in [-0.1, -0.05) is 12.1 Å². The van der Waals surface area contributed by atoms with Gasteiger partial charge in [0.05, 0.1) is 17.0 Å². The monoisotopic (exact) mass is 385 g/mol. The highest BCUT2D eigenvalue weighted by Gasteiger charge is 2.11. The van der Waals surface area contributed by atoms with E-state index in [0.29, 0.717) is 13.2 Å². The van der Waals surface area contributed by atoms with Crippen LogP contribution in [0.25, 0.3) is 10.9 Å². The first-order valence-corrected chi connectivity index (χ1v) is 10.2. The number of aryl methyl sites for hydroxylation is 1. The number of hydrogen-bond acceptors (Lipinski definition) is 5. The van der Waals surface area contributed by atoms with Gasteiger partial charge in [0.2, 0.25) is 10.0 Å². The zero-order valence-electron chi connectivity index (χ0n) is 15.6. The Hall–Kier alpha value is -2.64. The molecule has 2 aromatic carbocycles. The van der Waals surface area contributed by atoms with Crippen molar-refractivity contribution in [3.8, 4) is 5.75 Å². The van der Waals surface area contributed by atoms with Crippen molar-refractivity contribution in [2.45, 2.75) is 25.3 Å². The van der Waals surface area contributed by atoms with E-state index >= 15 is 0 Å². The summed E-state index contributed by atoms with van der Waals surface area (Å²) in [5, 5.41) is 4.41. The highest BCUT2D eigenvalue weighted by molar-refractivity contribution is 7.89. The smallest absolute Gasteiger partial charge is 0.240 e. The quantitative estimate of drug-likeness (QED) is 0.651. The molecule has 0 spiro atoms. The van der Waals surface area contributed by atoms with E-state index in [1.165, 1.54) is 7.05 Å². The molecule has 3 aromatic rings. The maximum atomic E-state index is 11.8. The molecule has 0 aliphatic heterocycles. The summed E-state index contributed by atoms with van der Waals surface area (Å²) in [5.74, 6) is 0.806. The van der Waals surface area contributed by atoms with Gasteiger partial charge in [-0.3, -0.25) is 4.98 Å². The zero-order valence-corrected chi connectivity index (χ0v) is 16.4. The SMILES string of the molecule is CCOc1ccc2nc(C)cc(NCc3ccc(S(=O)(=O)NC)cc3)c2c1. The number of hydrogen-bond donors (Lipinski definition) is 2. The third-order valence-corrected chi connectivity index (χ3v) is 5.63. The second-order valence-electron chi connectivity index (χ2n) is 6.13. The summed E-state index contributed by atoms with van der Waals surface area (Å²) < 4.78 is 31.5. The van der Waals surface area contributed by atoms with E-state index in [4.69, 9.17) is 4.74 Å². The second kappa shape index (κ2) is 7.94. The van der Waals surface area contributed by atoms with E-state index in [0.717, 1.165) is 33.6 Å². The van der Waals surface area contributed by atoms with E-state index in [1.54, 1.807) is 24.3 Å². The Kier molecular flexibility index (Phi) is 5.62. The second-order valence-corrected chi connectivity index (χ2v) is 8.01. The molecular formula is C20H23N3O3S. The zero-order chi connectivity index (χ0) is 19.4. The van der Waals surface area contributed by atoms with Gasteiger partial charge in [0.15, 0.2) is 0 Å². The first kappa shape index (κ1) is 19.1. The summed E-state index contributed by atoms with van der Waals surface area (Å²) in [6.45, 7) is 5.08. The molecule has 0 bridgehead atoms. The fourth-order valence-corrected chi connectivity index (χ4v) is 3.57. The molecule has 0 fully saturated rings. The normalized spacial score (nSPS) is 11.5. The molecule has 3 rings (SSSR count). The maximum Gasteiger partial charge on any atom is 0.240 e. The molecule has 2 N–H and O–H groups in total. The predicted octanol–water partition coefficient (Wildman–Crippen LogP) is 3.46. The number of fused-ring (bicyclic) bond motifs is 1. The van der Waals surface area contributed by atoms with Gasteiger partial charge in [0, 0.05) is 23.3 Å². The van der Waals surface area contributed by atoms with Crippen LogP contribution in [0.2, 0.25) is 0 Å². The Labute approximate surface area is 159 Å². The molecule has 0 saturated carbocycles. The lowest BCUT2D eigenvalue weighted by molar-refractivity contribution is 0.340. The Morgan fingerprint density at radius 3 is 2.48 bits per heavy atom. The Morgan fingerprint density at radius 2 is 1.81 bits per heavy atom. The van der Waals surface area contributed by atoms with Crippen molar-refractivity contribution in [3.05, 3.63) is 59.8 Å². The molecule has 0 saturated heterocycles. The van der Waals surface area contributed by atoms with Crippen molar-refractivity contribution in [2.24, 2.45) is 0 Å². The highest BCUT2D eigenvalue weighted by Crippen LogP contribution is 2.28. The first-order valence-electron chi connectivity index (χ1n) is 8.73. The number of ether oxygens (including phenoxy) is 1. The van der Waals surface area contributed by atoms with Crippen molar-refractivity contribution in [3.63, 3.8) is 0 Å². The van der Waals surface area contributed by atoms with Gasteiger partial charge in [-0.05, 0) is 62.9 Å². The molecule has 0 radical (unpaired) electrons. The van der Waals surface area contributed by atoms with Crippen LogP contribution in [-0.2, 0) is 16.6 Å². The molecule has 6 nitrogen and oxygen atoms in total. The summed E-state index contributed by atoms with van der Waals surface area (Å²) in [7, 11) is -2.02. The standard InChI is InChI=1S/C20H23N3O3S/c1-4-26-16-7-10-19-18(12-16)20(11-14(2)23-19)22-13-15-5-8-17(9-6-15)27(24,25)21-3/h5-12,21H,4,13H2,1-3H3,(H,22,23). The average Bonchev–Trinajstić information content (AvgIpc) is 2.67. The minimum absolute atomic E-state index is 0.250. The summed E-state index contributed by atoms with van der Waals surface area (Å²) in [6.07, 6.45) is 0. The summed E-state index contributed by atoms with van der Waals surface area (Å²) in [6, 6.07) is 14.7. The third kappa shape index (κ3) is 4.37. The van der Waals surface area contributed by atoms with E-state index in [-0.39, 0.29) is 4.90 Å². The van der Waals surface area contributed by atoms with Crippen LogP contribution in [0.4, 0.5) is 5.69 Å². The Balaban J connectivity index is 1.85. The molecule has 0 aliphatic rings. The van der Waals surface area contributed by atoms with E-state index < -0.39 is 10.0 Å². The number of nitrogens with one attached hydrogen (secondary N) is 2. The van der Waals surface area contributed by atoms with Crippen molar-refractivity contribution in [2.75, 3.05) is 19.0 Å². The van der Waals surface area contributed by atoms with Gasteiger partial charge in [-0.15, -0.1) is 0 Å². The van der Waals surface area contributed by atoms with Gasteiger partial charge >= 0.3 is 0 Å². The van der Waals surface area contributed by atoms with E-state index in [9.17, 15) is 8.42 Å². The molecule has 142 valence electrons. The molecule has 1 heterocycles. The number of aromatic nitrogens is 1. The van der Waals surface area contributed by atoms with Gasteiger partial charge in [0.25, 0.3) is 0 Å². The van der Waals surface area contributed by atoms with Crippen LogP contribution in [0.15, 0.2) is 53.4 Å². The largest absolute Gasteiger partial charge is 0.494 e. The lowest BCUT2D eigenvalue weighted by Gasteiger charge is -2.13. The number of nitrogens with zero attached hydrogens (tertiary/aromatic N) is 1. The number of benzene rings is 2. The van der Waals surface area contributed by atoms with Crippen LogP contribution in [0.1, 0.15) is 18.2 Å². The van der Waals surface area contributed by atoms with Crippen LogP contribution in [0.5, 0.6) is 5.75 Å². The average molecular weight is 385 g/mol. The number of sulfonamides is 1. The van der Waals surface area contributed by atoms with Crippen LogP contribution >= 0.6 is 0 Å². The maximum absolute atomic E-state index is 11.8. The molecule has 0 aliphatic carbocycles. The highest BCUT2D eigenvalue weighted by atomic mass is 32.2. The van der Waals surface area contributed by atoms with Crippen LogP contribution in [0.3, 0.4) is 0 Å². The first-order chi connectivity index (χ1) is 12.9.